The molecule has 0 aliphatic heterocycles. The molecule has 0 saturated carbocycles. The topological polar surface area (TPSA) is 0 Å². The summed E-state index contributed by atoms with van der Waals surface area (Å²) in [6.45, 7) is 0. The molecule has 0 aromatic heterocycles. The molecule has 50 heavy (non-hydrogen) atoms. The molecule has 0 nitrogen and oxygen atoms in total. The van der Waals surface area contributed by atoms with Crippen molar-refractivity contribution in [1.29, 1.82) is 0 Å². The van der Waals surface area contributed by atoms with Crippen LogP contribution in [-0.4, -0.2) is 0 Å². The Hall–Kier alpha value is -5.54. The van der Waals surface area contributed by atoms with E-state index < -0.39 is 0 Å². The van der Waals surface area contributed by atoms with E-state index in [1.807, 2.05) is 21.6 Å². The Morgan fingerprint density at radius 2 is 0.420 bits per heavy atom. The van der Waals surface area contributed by atoms with Crippen molar-refractivity contribution >= 4 is 21.6 Å². The van der Waals surface area contributed by atoms with Crippen LogP contribution in [0.2, 0.25) is 0 Å². The first-order chi connectivity index (χ1) is 24.8. The molecule has 0 radical (unpaired) electrons. The summed E-state index contributed by atoms with van der Waals surface area (Å²) >= 11 is 0. The summed E-state index contributed by atoms with van der Waals surface area (Å²) in [6.07, 6.45) is 0. The lowest BCUT2D eigenvalue weighted by molar-refractivity contribution is 1.43. The monoisotopic (exact) mass is 674 g/mol. The molecule has 0 fully saturated rings. The third-order valence-electron chi connectivity index (χ3n) is 9.01. The Labute approximate surface area is 302 Å². The molecule has 238 valence electrons. The van der Waals surface area contributed by atoms with Gasteiger partial charge in [-0.2, -0.15) is 0 Å². The van der Waals surface area contributed by atoms with Gasteiger partial charge in [0.2, 0.25) is 0 Å². The van der Waals surface area contributed by atoms with Crippen molar-refractivity contribution in [3.05, 3.63) is 206 Å². The molecular formula is C48H34S2. The highest BCUT2D eigenvalue weighted by atomic mass is 33.1. The Bertz CT molecular complexity index is 2180. The van der Waals surface area contributed by atoms with Gasteiger partial charge in [0.05, 0.1) is 0 Å². The summed E-state index contributed by atoms with van der Waals surface area (Å²) in [7, 11) is 3.71. The quantitative estimate of drug-likeness (QED) is 0.140. The minimum atomic E-state index is 1.21. The third kappa shape index (κ3) is 6.56. The van der Waals surface area contributed by atoms with Gasteiger partial charge in [-0.05, 0) is 66.8 Å². The molecule has 0 aliphatic rings. The maximum atomic E-state index is 2.28. The zero-order valence-electron chi connectivity index (χ0n) is 27.4. The average Bonchev–Trinajstić information content (AvgIpc) is 3.21. The standard InChI is InChI=1S/C48H34S2/c1-5-19-35(20-6-1)39-27-13-15-29-43(39)45-33-17-31-41(37-23-9-3-10-24-37)47(45)49-50-48-42(38-25-11-4-12-26-38)32-18-34-46(48)44-30-16-14-28-40(44)36-21-7-2-8-22-36/h1-34H. The van der Waals surface area contributed by atoms with Gasteiger partial charge in [0.1, 0.15) is 0 Å². The zero-order valence-corrected chi connectivity index (χ0v) is 29.1. The Kier molecular flexibility index (Phi) is 9.46. The average molecular weight is 675 g/mol. The summed E-state index contributed by atoms with van der Waals surface area (Å²) in [4.78, 5) is 2.49. The SMILES string of the molecule is c1ccc(-c2ccccc2-c2cccc(-c3ccccc3)c2SSc2c(-c3ccccc3)cccc2-c2ccccc2-c2ccccc2)cc1. The summed E-state index contributed by atoms with van der Waals surface area (Å²) in [5, 5.41) is 0. The summed E-state index contributed by atoms with van der Waals surface area (Å²) in [5.41, 5.74) is 14.7. The molecule has 0 N–H and O–H groups in total. The van der Waals surface area contributed by atoms with Crippen molar-refractivity contribution < 1.29 is 0 Å². The number of benzene rings is 8. The first-order valence-corrected chi connectivity index (χ1v) is 19.0. The van der Waals surface area contributed by atoms with Crippen molar-refractivity contribution in [1.82, 2.24) is 0 Å². The van der Waals surface area contributed by atoms with E-state index in [4.69, 9.17) is 0 Å². The van der Waals surface area contributed by atoms with E-state index in [-0.39, 0.29) is 0 Å². The molecular weight excluding hydrogens is 641 g/mol. The first kappa shape index (κ1) is 31.7. The van der Waals surface area contributed by atoms with Crippen LogP contribution in [0.25, 0.3) is 66.8 Å². The van der Waals surface area contributed by atoms with Crippen LogP contribution in [0.15, 0.2) is 216 Å². The predicted octanol–water partition coefficient (Wildman–Crippen LogP) is 14.5. The van der Waals surface area contributed by atoms with Gasteiger partial charge >= 0.3 is 0 Å². The molecule has 0 spiro atoms. The molecule has 0 saturated heterocycles. The maximum Gasteiger partial charge on any atom is 0.0343 e. The van der Waals surface area contributed by atoms with Crippen LogP contribution in [0.4, 0.5) is 0 Å². The lowest BCUT2D eigenvalue weighted by Crippen LogP contribution is -1.92. The molecule has 8 rings (SSSR count). The normalized spacial score (nSPS) is 11.0. The number of hydrogen-bond donors (Lipinski definition) is 0. The maximum absolute atomic E-state index is 2.28. The molecule has 2 heteroatoms. The van der Waals surface area contributed by atoms with Crippen LogP contribution in [0.5, 0.6) is 0 Å². The van der Waals surface area contributed by atoms with Gasteiger partial charge in [0, 0.05) is 9.79 Å². The number of hydrogen-bond acceptors (Lipinski definition) is 2. The Morgan fingerprint density at radius 1 is 0.180 bits per heavy atom. The highest BCUT2D eigenvalue weighted by molar-refractivity contribution is 8.76. The summed E-state index contributed by atoms with van der Waals surface area (Å²) in [6, 6.07) is 74.1. The molecule has 0 bridgehead atoms. The van der Waals surface area contributed by atoms with E-state index in [1.165, 1.54) is 76.6 Å². The second kappa shape index (κ2) is 14.9. The summed E-state index contributed by atoms with van der Waals surface area (Å²) in [5.74, 6) is 0. The van der Waals surface area contributed by atoms with E-state index in [2.05, 4.69) is 206 Å². The van der Waals surface area contributed by atoms with E-state index in [0.29, 0.717) is 0 Å². The van der Waals surface area contributed by atoms with Crippen LogP contribution in [0, 0.1) is 0 Å². The lowest BCUT2D eigenvalue weighted by Gasteiger charge is -2.20. The predicted molar refractivity (Wildman–Crippen MR) is 217 cm³/mol. The minimum absolute atomic E-state index is 1.21. The highest BCUT2D eigenvalue weighted by Gasteiger charge is 2.20. The van der Waals surface area contributed by atoms with E-state index in [0.717, 1.165) is 0 Å². The van der Waals surface area contributed by atoms with Gasteiger partial charge in [0.15, 0.2) is 0 Å². The van der Waals surface area contributed by atoms with Gasteiger partial charge in [-0.3, -0.25) is 0 Å². The van der Waals surface area contributed by atoms with Gasteiger partial charge in [-0.1, -0.05) is 228 Å². The van der Waals surface area contributed by atoms with Crippen LogP contribution in [-0.2, 0) is 0 Å². The van der Waals surface area contributed by atoms with E-state index in [9.17, 15) is 0 Å². The second-order valence-electron chi connectivity index (χ2n) is 12.1. The van der Waals surface area contributed by atoms with Crippen molar-refractivity contribution in [3.63, 3.8) is 0 Å². The molecule has 0 unspecified atom stereocenters. The molecule has 0 heterocycles. The van der Waals surface area contributed by atoms with Gasteiger partial charge in [-0.25, -0.2) is 0 Å². The van der Waals surface area contributed by atoms with Crippen LogP contribution in [0.3, 0.4) is 0 Å². The van der Waals surface area contributed by atoms with Crippen LogP contribution < -0.4 is 0 Å². The fraction of sp³-hybridized carbons (Fsp3) is 0. The minimum Gasteiger partial charge on any atom is -0.0622 e. The zero-order chi connectivity index (χ0) is 33.5. The molecule has 0 amide bonds. The highest BCUT2D eigenvalue weighted by Crippen LogP contribution is 2.53. The molecule has 8 aromatic carbocycles. The van der Waals surface area contributed by atoms with Crippen LogP contribution >= 0.6 is 21.6 Å². The van der Waals surface area contributed by atoms with E-state index in [1.54, 1.807) is 0 Å². The van der Waals surface area contributed by atoms with Gasteiger partial charge in [-0.15, -0.1) is 0 Å². The number of rotatable bonds is 9. The fourth-order valence-electron chi connectivity index (χ4n) is 6.63. The Morgan fingerprint density at radius 3 is 0.760 bits per heavy atom. The summed E-state index contributed by atoms with van der Waals surface area (Å²) < 4.78 is 0. The van der Waals surface area contributed by atoms with Gasteiger partial charge < -0.3 is 0 Å². The lowest BCUT2D eigenvalue weighted by atomic mass is 9.92. The molecule has 0 aliphatic carbocycles. The third-order valence-corrected chi connectivity index (χ3v) is 11.6. The van der Waals surface area contributed by atoms with Gasteiger partial charge in [0.25, 0.3) is 0 Å². The van der Waals surface area contributed by atoms with Crippen molar-refractivity contribution in [2.75, 3.05) is 0 Å². The van der Waals surface area contributed by atoms with Crippen molar-refractivity contribution in [2.45, 2.75) is 9.79 Å². The van der Waals surface area contributed by atoms with Crippen molar-refractivity contribution in [2.24, 2.45) is 0 Å². The van der Waals surface area contributed by atoms with Crippen molar-refractivity contribution in [3.8, 4) is 66.8 Å². The second-order valence-corrected chi connectivity index (χ2v) is 14.2. The largest absolute Gasteiger partial charge is 0.0622 e. The Balaban J connectivity index is 1.31. The first-order valence-electron chi connectivity index (χ1n) is 16.9. The molecule has 8 aromatic rings. The fourth-order valence-corrected chi connectivity index (χ4v) is 9.46. The molecule has 0 atom stereocenters. The smallest absolute Gasteiger partial charge is 0.0343 e. The van der Waals surface area contributed by atoms with E-state index >= 15 is 0 Å². The van der Waals surface area contributed by atoms with Crippen LogP contribution in [0.1, 0.15) is 0 Å².